The molecule has 0 saturated heterocycles. The molecule has 1 aliphatic heterocycles. The number of benzene rings is 2. The fourth-order valence-corrected chi connectivity index (χ4v) is 3.20. The summed E-state index contributed by atoms with van der Waals surface area (Å²) in [5.41, 5.74) is 5.47. The standard InChI is InChI=1S/C20H21N3OS/c1-12-7-9-16(10-8-12)22-19(24)17-14(3)21-20(25)23-18(17)15-6-4-5-13(2)11-15/h4-11,18H,1-3H3,(H,22,24)(H2,21,23,25). The minimum absolute atomic E-state index is 0.143. The molecule has 1 unspecified atom stereocenters. The van der Waals surface area contributed by atoms with Gasteiger partial charge < -0.3 is 16.0 Å². The Hall–Kier alpha value is -2.66. The Morgan fingerprint density at radius 1 is 1.04 bits per heavy atom. The molecule has 0 aliphatic carbocycles. The van der Waals surface area contributed by atoms with Gasteiger partial charge in [0.1, 0.15) is 0 Å². The number of allylic oxidation sites excluding steroid dienone is 1. The predicted octanol–water partition coefficient (Wildman–Crippen LogP) is 3.73. The maximum atomic E-state index is 12.9. The molecule has 1 aliphatic rings. The lowest BCUT2D eigenvalue weighted by molar-refractivity contribution is -0.113. The Labute approximate surface area is 153 Å². The zero-order chi connectivity index (χ0) is 18.0. The number of aryl methyl sites for hydroxylation is 2. The molecule has 0 bridgehead atoms. The van der Waals surface area contributed by atoms with Crippen molar-refractivity contribution in [1.29, 1.82) is 0 Å². The van der Waals surface area contributed by atoms with E-state index in [-0.39, 0.29) is 11.9 Å². The van der Waals surface area contributed by atoms with Gasteiger partial charge in [0.05, 0.1) is 11.6 Å². The van der Waals surface area contributed by atoms with E-state index in [9.17, 15) is 4.79 Å². The molecule has 0 radical (unpaired) electrons. The van der Waals surface area contributed by atoms with Gasteiger partial charge in [-0.25, -0.2) is 0 Å². The molecule has 2 aromatic rings. The van der Waals surface area contributed by atoms with Crippen molar-refractivity contribution >= 4 is 28.9 Å². The molecule has 128 valence electrons. The minimum atomic E-state index is -0.279. The third-order valence-corrected chi connectivity index (χ3v) is 4.42. The van der Waals surface area contributed by atoms with Crippen LogP contribution in [0, 0.1) is 13.8 Å². The number of thiocarbonyl (C=S) groups is 1. The zero-order valence-electron chi connectivity index (χ0n) is 14.5. The first-order valence-electron chi connectivity index (χ1n) is 8.17. The van der Waals surface area contributed by atoms with Crippen LogP contribution < -0.4 is 16.0 Å². The summed E-state index contributed by atoms with van der Waals surface area (Å²) >= 11 is 5.29. The maximum absolute atomic E-state index is 12.9. The lowest BCUT2D eigenvalue weighted by Gasteiger charge is -2.30. The summed E-state index contributed by atoms with van der Waals surface area (Å²) in [6.07, 6.45) is 0. The Bertz CT molecular complexity index is 855. The summed E-state index contributed by atoms with van der Waals surface area (Å²) in [4.78, 5) is 12.9. The van der Waals surface area contributed by atoms with E-state index in [0.29, 0.717) is 10.7 Å². The highest BCUT2D eigenvalue weighted by molar-refractivity contribution is 7.80. The number of hydrogen-bond donors (Lipinski definition) is 3. The van der Waals surface area contributed by atoms with Crippen molar-refractivity contribution in [3.63, 3.8) is 0 Å². The molecule has 0 spiro atoms. The summed E-state index contributed by atoms with van der Waals surface area (Å²) in [6, 6.07) is 15.6. The summed E-state index contributed by atoms with van der Waals surface area (Å²) < 4.78 is 0. The van der Waals surface area contributed by atoms with E-state index in [1.54, 1.807) is 0 Å². The van der Waals surface area contributed by atoms with Crippen LogP contribution in [0.5, 0.6) is 0 Å². The molecule has 4 nitrogen and oxygen atoms in total. The van der Waals surface area contributed by atoms with Gasteiger partial charge in [0.25, 0.3) is 5.91 Å². The SMILES string of the molecule is CC1=C(C(=O)Nc2ccc(C)cc2)C(c2cccc(C)c2)NC(=S)N1. The van der Waals surface area contributed by atoms with Crippen molar-refractivity contribution < 1.29 is 4.79 Å². The minimum Gasteiger partial charge on any atom is -0.351 e. The topological polar surface area (TPSA) is 53.2 Å². The first kappa shape index (κ1) is 17.2. The molecule has 0 saturated carbocycles. The summed E-state index contributed by atoms with van der Waals surface area (Å²) in [5.74, 6) is -0.143. The highest BCUT2D eigenvalue weighted by atomic mass is 32.1. The lowest BCUT2D eigenvalue weighted by atomic mass is 9.94. The monoisotopic (exact) mass is 351 g/mol. The van der Waals surface area contributed by atoms with E-state index >= 15 is 0 Å². The first-order chi connectivity index (χ1) is 11.9. The van der Waals surface area contributed by atoms with E-state index < -0.39 is 0 Å². The number of amides is 1. The van der Waals surface area contributed by atoms with Gasteiger partial charge in [0, 0.05) is 11.4 Å². The molecule has 0 aromatic heterocycles. The van der Waals surface area contributed by atoms with Gasteiger partial charge in [-0.15, -0.1) is 0 Å². The second-order valence-corrected chi connectivity index (χ2v) is 6.71. The lowest BCUT2D eigenvalue weighted by Crippen LogP contribution is -2.45. The Morgan fingerprint density at radius 3 is 2.44 bits per heavy atom. The third-order valence-electron chi connectivity index (χ3n) is 4.20. The quantitative estimate of drug-likeness (QED) is 0.738. The number of rotatable bonds is 3. The zero-order valence-corrected chi connectivity index (χ0v) is 15.3. The van der Waals surface area contributed by atoms with Crippen molar-refractivity contribution in [2.45, 2.75) is 26.8 Å². The average molecular weight is 351 g/mol. The molecule has 0 fully saturated rings. The van der Waals surface area contributed by atoms with Crippen LogP contribution in [-0.4, -0.2) is 11.0 Å². The molecule has 2 aromatic carbocycles. The van der Waals surface area contributed by atoms with E-state index in [4.69, 9.17) is 12.2 Å². The van der Waals surface area contributed by atoms with Crippen LogP contribution in [0.25, 0.3) is 0 Å². The number of carbonyl (C=O) groups is 1. The Morgan fingerprint density at radius 2 is 1.76 bits per heavy atom. The highest BCUT2D eigenvalue weighted by Crippen LogP contribution is 2.28. The van der Waals surface area contributed by atoms with Gasteiger partial charge in [-0.05, 0) is 50.7 Å². The summed E-state index contributed by atoms with van der Waals surface area (Å²) in [6.45, 7) is 5.92. The van der Waals surface area contributed by atoms with Crippen molar-refractivity contribution in [1.82, 2.24) is 10.6 Å². The van der Waals surface area contributed by atoms with Crippen LogP contribution in [0.2, 0.25) is 0 Å². The molecule has 25 heavy (non-hydrogen) atoms. The van der Waals surface area contributed by atoms with Crippen molar-refractivity contribution in [3.05, 3.63) is 76.5 Å². The first-order valence-corrected chi connectivity index (χ1v) is 8.58. The molecular weight excluding hydrogens is 330 g/mol. The molecule has 5 heteroatoms. The van der Waals surface area contributed by atoms with Gasteiger partial charge in [0.2, 0.25) is 0 Å². The number of nitrogens with one attached hydrogen (secondary N) is 3. The fourth-order valence-electron chi connectivity index (χ4n) is 2.93. The second kappa shape index (κ2) is 7.07. The van der Waals surface area contributed by atoms with Crippen LogP contribution in [0.3, 0.4) is 0 Å². The van der Waals surface area contributed by atoms with Gasteiger partial charge in [-0.3, -0.25) is 4.79 Å². The normalized spacial score (nSPS) is 16.9. The summed E-state index contributed by atoms with van der Waals surface area (Å²) in [7, 11) is 0. The van der Waals surface area contributed by atoms with Gasteiger partial charge in [0.15, 0.2) is 5.11 Å². The number of anilines is 1. The van der Waals surface area contributed by atoms with Crippen molar-refractivity contribution in [3.8, 4) is 0 Å². The van der Waals surface area contributed by atoms with E-state index in [1.807, 2.05) is 63.2 Å². The fraction of sp³-hybridized carbons (Fsp3) is 0.200. The van der Waals surface area contributed by atoms with Crippen molar-refractivity contribution in [2.75, 3.05) is 5.32 Å². The van der Waals surface area contributed by atoms with Crippen molar-refractivity contribution in [2.24, 2.45) is 0 Å². The van der Waals surface area contributed by atoms with Crippen LogP contribution in [0.4, 0.5) is 5.69 Å². The third kappa shape index (κ3) is 3.88. The molecule has 3 rings (SSSR count). The van der Waals surface area contributed by atoms with Gasteiger partial charge >= 0.3 is 0 Å². The smallest absolute Gasteiger partial charge is 0.255 e. The van der Waals surface area contributed by atoms with E-state index in [1.165, 1.54) is 0 Å². The maximum Gasteiger partial charge on any atom is 0.255 e. The number of hydrogen-bond acceptors (Lipinski definition) is 2. The van der Waals surface area contributed by atoms with E-state index in [0.717, 1.165) is 28.1 Å². The van der Waals surface area contributed by atoms with Gasteiger partial charge in [-0.2, -0.15) is 0 Å². The predicted molar refractivity (Wildman–Crippen MR) is 105 cm³/mol. The van der Waals surface area contributed by atoms with Crippen LogP contribution >= 0.6 is 12.2 Å². The largest absolute Gasteiger partial charge is 0.351 e. The Balaban J connectivity index is 1.94. The molecular formula is C20H21N3OS. The van der Waals surface area contributed by atoms with E-state index in [2.05, 4.69) is 22.0 Å². The van der Waals surface area contributed by atoms with Gasteiger partial charge in [-0.1, -0.05) is 47.5 Å². The Kier molecular flexibility index (Phi) is 4.86. The average Bonchev–Trinajstić information content (AvgIpc) is 2.56. The van der Waals surface area contributed by atoms with Crippen LogP contribution in [-0.2, 0) is 4.79 Å². The second-order valence-electron chi connectivity index (χ2n) is 6.30. The number of carbonyl (C=O) groups excluding carboxylic acids is 1. The molecule has 1 amide bonds. The summed E-state index contributed by atoms with van der Waals surface area (Å²) in [5, 5.41) is 9.78. The highest BCUT2D eigenvalue weighted by Gasteiger charge is 2.29. The molecule has 3 N–H and O–H groups in total. The molecule has 1 atom stereocenters. The van der Waals surface area contributed by atoms with Crippen LogP contribution in [0.1, 0.15) is 29.7 Å². The molecule has 1 heterocycles. The van der Waals surface area contributed by atoms with Crippen LogP contribution in [0.15, 0.2) is 59.8 Å².